The summed E-state index contributed by atoms with van der Waals surface area (Å²) in [7, 11) is 0. The van der Waals surface area contributed by atoms with E-state index < -0.39 is 6.29 Å². The SMILES string of the molecule is CC(C)Oc1ccc(-c2nc(-c3cccc4c3CCC4NCCC(O)O)no2)cc1C#N. The van der Waals surface area contributed by atoms with E-state index >= 15 is 0 Å². The molecule has 1 aliphatic carbocycles. The highest BCUT2D eigenvalue weighted by Gasteiger charge is 2.26. The minimum atomic E-state index is -1.31. The largest absolute Gasteiger partial charge is 0.490 e. The Morgan fingerprint density at radius 1 is 1.28 bits per heavy atom. The number of nitriles is 1. The fraction of sp³-hybridized carbons (Fsp3) is 0.375. The summed E-state index contributed by atoms with van der Waals surface area (Å²) in [6.45, 7) is 4.34. The lowest BCUT2D eigenvalue weighted by atomic mass is 10.0. The third-order valence-corrected chi connectivity index (χ3v) is 5.44. The van der Waals surface area contributed by atoms with Crippen LogP contribution in [0.3, 0.4) is 0 Å². The van der Waals surface area contributed by atoms with E-state index in [1.807, 2.05) is 26.0 Å². The topological polar surface area (TPSA) is 124 Å². The van der Waals surface area contributed by atoms with Gasteiger partial charge < -0.3 is 24.8 Å². The molecule has 1 aliphatic rings. The van der Waals surface area contributed by atoms with E-state index in [1.165, 1.54) is 11.1 Å². The number of aliphatic hydroxyl groups is 2. The van der Waals surface area contributed by atoms with Gasteiger partial charge in [-0.1, -0.05) is 23.4 Å². The van der Waals surface area contributed by atoms with Gasteiger partial charge in [0.15, 0.2) is 6.29 Å². The van der Waals surface area contributed by atoms with Crippen molar-refractivity contribution in [2.75, 3.05) is 6.54 Å². The number of rotatable bonds is 8. The van der Waals surface area contributed by atoms with E-state index in [1.54, 1.807) is 18.2 Å². The molecule has 2 aromatic carbocycles. The summed E-state index contributed by atoms with van der Waals surface area (Å²) < 4.78 is 11.2. The molecule has 0 amide bonds. The van der Waals surface area contributed by atoms with E-state index in [4.69, 9.17) is 19.5 Å². The van der Waals surface area contributed by atoms with Crippen LogP contribution in [0.15, 0.2) is 40.9 Å². The Morgan fingerprint density at radius 2 is 2.12 bits per heavy atom. The molecule has 3 aromatic rings. The van der Waals surface area contributed by atoms with Crippen LogP contribution in [0.1, 0.15) is 49.4 Å². The first kappa shape index (κ1) is 22.0. The van der Waals surface area contributed by atoms with Crippen LogP contribution in [0.25, 0.3) is 22.8 Å². The van der Waals surface area contributed by atoms with Crippen LogP contribution in [-0.4, -0.2) is 39.3 Å². The second kappa shape index (κ2) is 9.49. The molecule has 0 saturated carbocycles. The van der Waals surface area contributed by atoms with Crippen LogP contribution in [0.4, 0.5) is 0 Å². The summed E-state index contributed by atoms with van der Waals surface area (Å²) in [4.78, 5) is 4.59. The first-order valence-corrected chi connectivity index (χ1v) is 10.7. The highest BCUT2D eigenvalue weighted by molar-refractivity contribution is 5.67. The molecule has 0 radical (unpaired) electrons. The van der Waals surface area contributed by atoms with Gasteiger partial charge in [0, 0.05) is 30.1 Å². The molecule has 166 valence electrons. The maximum Gasteiger partial charge on any atom is 0.258 e. The fourth-order valence-corrected chi connectivity index (χ4v) is 4.02. The van der Waals surface area contributed by atoms with Crippen LogP contribution >= 0.6 is 0 Å². The normalized spacial score (nSPS) is 15.2. The van der Waals surface area contributed by atoms with Gasteiger partial charge in [-0.05, 0) is 56.0 Å². The molecule has 0 aliphatic heterocycles. The summed E-state index contributed by atoms with van der Waals surface area (Å²) in [6.07, 6.45) is 0.733. The number of nitrogens with zero attached hydrogens (tertiary/aromatic N) is 3. The van der Waals surface area contributed by atoms with E-state index in [-0.39, 0.29) is 18.6 Å². The standard InChI is InChI=1S/C24H26N4O4/c1-14(2)31-21-9-6-15(12-16(21)13-25)24-27-23(28-32-24)19-5-3-4-18-17(19)7-8-20(18)26-11-10-22(29)30/h3-6,9,12,14,20,22,26,29-30H,7-8,10-11H2,1-2H3. The van der Waals surface area contributed by atoms with E-state index in [0.29, 0.717) is 35.1 Å². The van der Waals surface area contributed by atoms with Crippen molar-refractivity contribution < 1.29 is 19.5 Å². The molecule has 4 rings (SSSR count). The third-order valence-electron chi connectivity index (χ3n) is 5.44. The van der Waals surface area contributed by atoms with Gasteiger partial charge in [0.2, 0.25) is 5.82 Å². The molecule has 1 heterocycles. The highest BCUT2D eigenvalue weighted by atomic mass is 16.5. The van der Waals surface area contributed by atoms with Gasteiger partial charge in [-0.25, -0.2) is 0 Å². The zero-order valence-electron chi connectivity index (χ0n) is 18.1. The number of ether oxygens (including phenoxy) is 1. The average Bonchev–Trinajstić information content (AvgIpc) is 3.41. The molecule has 0 bridgehead atoms. The van der Waals surface area contributed by atoms with Crippen LogP contribution in [0.2, 0.25) is 0 Å². The monoisotopic (exact) mass is 434 g/mol. The Kier molecular flexibility index (Phi) is 6.51. The molecular formula is C24H26N4O4. The van der Waals surface area contributed by atoms with Gasteiger partial charge in [0.05, 0.1) is 11.7 Å². The molecule has 0 fully saturated rings. The summed E-state index contributed by atoms with van der Waals surface area (Å²) in [5.74, 6) is 1.37. The number of aliphatic hydroxyl groups excluding tert-OH is 1. The minimum Gasteiger partial charge on any atom is -0.490 e. The van der Waals surface area contributed by atoms with Gasteiger partial charge in [-0.15, -0.1) is 0 Å². The fourth-order valence-electron chi connectivity index (χ4n) is 4.02. The minimum absolute atomic E-state index is 0.0323. The third kappa shape index (κ3) is 4.65. The summed E-state index contributed by atoms with van der Waals surface area (Å²) >= 11 is 0. The van der Waals surface area contributed by atoms with Crippen LogP contribution in [0.5, 0.6) is 5.75 Å². The molecule has 0 saturated heterocycles. The van der Waals surface area contributed by atoms with Crippen molar-refractivity contribution in [3.05, 3.63) is 53.1 Å². The maximum absolute atomic E-state index is 9.48. The van der Waals surface area contributed by atoms with Gasteiger partial charge in [-0.3, -0.25) is 0 Å². The van der Waals surface area contributed by atoms with Gasteiger partial charge in [0.25, 0.3) is 5.89 Å². The van der Waals surface area contributed by atoms with Gasteiger partial charge in [0.1, 0.15) is 11.8 Å². The summed E-state index contributed by atoms with van der Waals surface area (Å²) in [5, 5.41) is 35.2. The number of hydrogen-bond donors (Lipinski definition) is 3. The summed E-state index contributed by atoms with van der Waals surface area (Å²) in [6, 6.07) is 13.6. The second-order valence-corrected chi connectivity index (χ2v) is 8.10. The molecule has 0 spiro atoms. The summed E-state index contributed by atoms with van der Waals surface area (Å²) in [5.41, 5.74) is 4.33. The molecule has 32 heavy (non-hydrogen) atoms. The van der Waals surface area contributed by atoms with E-state index in [0.717, 1.165) is 18.4 Å². The first-order chi connectivity index (χ1) is 15.5. The van der Waals surface area contributed by atoms with Gasteiger partial charge >= 0.3 is 0 Å². The second-order valence-electron chi connectivity index (χ2n) is 8.10. The van der Waals surface area contributed by atoms with E-state index in [2.05, 4.69) is 27.6 Å². The lowest BCUT2D eigenvalue weighted by molar-refractivity contribution is -0.0447. The Hall–Kier alpha value is -3.25. The number of nitrogens with one attached hydrogen (secondary N) is 1. The van der Waals surface area contributed by atoms with Crippen molar-refractivity contribution in [3.8, 4) is 34.7 Å². The predicted molar refractivity (Wildman–Crippen MR) is 118 cm³/mol. The first-order valence-electron chi connectivity index (χ1n) is 10.7. The Labute approximate surface area is 186 Å². The Bertz CT molecular complexity index is 1130. The highest BCUT2D eigenvalue weighted by Crippen LogP contribution is 2.37. The Balaban J connectivity index is 1.58. The van der Waals surface area contributed by atoms with Crippen molar-refractivity contribution in [1.29, 1.82) is 5.26 Å². The zero-order chi connectivity index (χ0) is 22.7. The van der Waals surface area contributed by atoms with Crippen LogP contribution in [0, 0.1) is 11.3 Å². The van der Waals surface area contributed by atoms with Crippen molar-refractivity contribution >= 4 is 0 Å². The van der Waals surface area contributed by atoms with Crippen molar-refractivity contribution in [2.45, 2.75) is 51.5 Å². The van der Waals surface area contributed by atoms with Crippen molar-refractivity contribution in [2.24, 2.45) is 0 Å². The Morgan fingerprint density at radius 3 is 2.88 bits per heavy atom. The molecule has 3 N–H and O–H groups in total. The molecule has 1 unspecified atom stereocenters. The number of fused-ring (bicyclic) bond motifs is 1. The molecule has 1 atom stereocenters. The number of hydrogen-bond acceptors (Lipinski definition) is 8. The van der Waals surface area contributed by atoms with Crippen LogP contribution in [-0.2, 0) is 6.42 Å². The molecule has 8 nitrogen and oxygen atoms in total. The lowest BCUT2D eigenvalue weighted by Crippen LogP contribution is -2.23. The smallest absolute Gasteiger partial charge is 0.258 e. The predicted octanol–water partition coefficient (Wildman–Crippen LogP) is 3.34. The van der Waals surface area contributed by atoms with Crippen LogP contribution < -0.4 is 10.1 Å². The average molecular weight is 434 g/mol. The molecule has 8 heteroatoms. The zero-order valence-corrected chi connectivity index (χ0v) is 18.1. The van der Waals surface area contributed by atoms with Crippen molar-refractivity contribution in [3.63, 3.8) is 0 Å². The van der Waals surface area contributed by atoms with Gasteiger partial charge in [-0.2, -0.15) is 10.2 Å². The van der Waals surface area contributed by atoms with E-state index in [9.17, 15) is 5.26 Å². The quantitative estimate of drug-likeness (QED) is 0.461. The molecule has 1 aromatic heterocycles. The molecular weight excluding hydrogens is 408 g/mol. The lowest BCUT2D eigenvalue weighted by Gasteiger charge is -2.15. The maximum atomic E-state index is 9.48. The number of aromatic nitrogens is 2. The van der Waals surface area contributed by atoms with Crippen molar-refractivity contribution in [1.82, 2.24) is 15.5 Å². The number of benzene rings is 2.